The van der Waals surface area contributed by atoms with Crippen LogP contribution in [0.4, 0.5) is 5.69 Å². The van der Waals surface area contributed by atoms with Crippen LogP contribution >= 0.6 is 0 Å². The average Bonchev–Trinajstić information content (AvgIpc) is 2.42. The summed E-state index contributed by atoms with van der Waals surface area (Å²) in [4.78, 5) is 0. The summed E-state index contributed by atoms with van der Waals surface area (Å²) in [5.41, 5.74) is 7.03. The fraction of sp³-hybridized carbons (Fsp3) is 0.500. The highest BCUT2D eigenvalue weighted by Crippen LogP contribution is 2.17. The molecule has 0 radical (unpaired) electrons. The van der Waals surface area contributed by atoms with Gasteiger partial charge in [-0.2, -0.15) is 0 Å². The molecule has 102 valence electrons. The van der Waals surface area contributed by atoms with Gasteiger partial charge in [0.15, 0.2) is 0 Å². The van der Waals surface area contributed by atoms with E-state index in [9.17, 15) is 0 Å². The number of rotatable bonds is 8. The quantitative estimate of drug-likeness (QED) is 0.555. The van der Waals surface area contributed by atoms with Crippen molar-refractivity contribution in [1.29, 1.82) is 0 Å². The zero-order valence-corrected chi connectivity index (χ0v) is 12.2. The van der Waals surface area contributed by atoms with Gasteiger partial charge < -0.3 is 24.3 Å². The third-order valence-electron chi connectivity index (χ3n) is 2.82. The molecule has 1 aromatic carbocycles. The summed E-state index contributed by atoms with van der Waals surface area (Å²) in [6, 6.07) is 10.5. The maximum absolute atomic E-state index is 6.02. The number of para-hydroxylation sites is 1. The van der Waals surface area contributed by atoms with E-state index in [0.717, 1.165) is 12.1 Å². The number of benzene rings is 1. The minimum atomic E-state index is -2.52. The van der Waals surface area contributed by atoms with E-state index in [-0.39, 0.29) is 6.17 Å². The second kappa shape index (κ2) is 7.50. The molecule has 1 rings (SSSR count). The minimum absolute atomic E-state index is 0.153. The molecule has 1 unspecified atom stereocenters. The van der Waals surface area contributed by atoms with Crippen LogP contribution < -0.4 is 11.1 Å². The van der Waals surface area contributed by atoms with E-state index in [4.69, 9.17) is 19.0 Å². The number of nitrogens with two attached hydrogens (primary N) is 1. The molecule has 5 nitrogen and oxygen atoms in total. The predicted octanol–water partition coefficient (Wildman–Crippen LogP) is 1.65. The van der Waals surface area contributed by atoms with Crippen molar-refractivity contribution in [3.05, 3.63) is 30.3 Å². The van der Waals surface area contributed by atoms with Gasteiger partial charge in [-0.05, 0) is 18.6 Å². The highest BCUT2D eigenvalue weighted by Gasteiger charge is 2.37. The second-order valence-corrected chi connectivity index (χ2v) is 7.04. The molecule has 0 heterocycles. The van der Waals surface area contributed by atoms with E-state index in [1.807, 2.05) is 30.3 Å². The Kier molecular flexibility index (Phi) is 6.30. The summed E-state index contributed by atoms with van der Waals surface area (Å²) in [6.45, 7) is 0. The van der Waals surface area contributed by atoms with Gasteiger partial charge in [0.1, 0.15) is 0 Å². The van der Waals surface area contributed by atoms with Crippen LogP contribution in [-0.2, 0) is 13.3 Å². The minimum Gasteiger partial charge on any atom is -0.377 e. The normalized spacial score (nSPS) is 13.3. The standard InChI is InChI=1S/C12H22N2O3Si/c1-15-18(16-2,17-3)10-9-12(13)14-11-7-5-4-6-8-11/h4-8,12,14H,9-10,13H2,1-3H3. The molecule has 0 aliphatic rings. The van der Waals surface area contributed by atoms with Gasteiger partial charge in [0, 0.05) is 33.1 Å². The lowest BCUT2D eigenvalue weighted by atomic mass is 10.3. The van der Waals surface area contributed by atoms with Gasteiger partial charge in [-0.3, -0.25) is 0 Å². The van der Waals surface area contributed by atoms with Gasteiger partial charge in [-0.15, -0.1) is 0 Å². The summed E-state index contributed by atoms with van der Waals surface area (Å²) in [5, 5.41) is 3.22. The summed E-state index contributed by atoms with van der Waals surface area (Å²) in [5.74, 6) is 0. The Balaban J connectivity index is 2.43. The fourth-order valence-electron chi connectivity index (χ4n) is 1.71. The van der Waals surface area contributed by atoms with Crippen molar-refractivity contribution in [2.75, 3.05) is 26.6 Å². The molecule has 3 N–H and O–H groups in total. The van der Waals surface area contributed by atoms with Gasteiger partial charge in [0.05, 0.1) is 6.17 Å². The van der Waals surface area contributed by atoms with Crippen molar-refractivity contribution in [3.63, 3.8) is 0 Å². The Labute approximate surface area is 110 Å². The van der Waals surface area contributed by atoms with Crippen LogP contribution in [0, 0.1) is 0 Å². The third kappa shape index (κ3) is 4.39. The first-order valence-corrected chi connectivity index (χ1v) is 7.81. The van der Waals surface area contributed by atoms with E-state index in [0.29, 0.717) is 6.04 Å². The Bertz CT molecular complexity index is 325. The largest absolute Gasteiger partial charge is 0.500 e. The molecule has 18 heavy (non-hydrogen) atoms. The number of hydrogen-bond donors (Lipinski definition) is 2. The zero-order valence-electron chi connectivity index (χ0n) is 11.2. The van der Waals surface area contributed by atoms with Crippen LogP contribution in [0.5, 0.6) is 0 Å². The fourth-order valence-corrected chi connectivity index (χ4v) is 3.49. The lowest BCUT2D eigenvalue weighted by molar-refractivity contribution is 0.122. The van der Waals surface area contributed by atoms with E-state index in [2.05, 4.69) is 5.32 Å². The van der Waals surface area contributed by atoms with Gasteiger partial charge in [-0.1, -0.05) is 18.2 Å². The summed E-state index contributed by atoms with van der Waals surface area (Å²) in [6.07, 6.45) is 0.566. The molecular formula is C12H22N2O3Si. The highest BCUT2D eigenvalue weighted by molar-refractivity contribution is 6.60. The van der Waals surface area contributed by atoms with Crippen molar-refractivity contribution in [2.24, 2.45) is 5.73 Å². The van der Waals surface area contributed by atoms with Crippen LogP contribution in [0.25, 0.3) is 0 Å². The van der Waals surface area contributed by atoms with E-state index in [1.54, 1.807) is 21.3 Å². The Morgan fingerprint density at radius 3 is 2.17 bits per heavy atom. The molecule has 0 fully saturated rings. The number of hydrogen-bond acceptors (Lipinski definition) is 5. The van der Waals surface area contributed by atoms with Crippen LogP contribution in [0.2, 0.25) is 6.04 Å². The molecule has 0 bridgehead atoms. The smallest absolute Gasteiger partial charge is 0.377 e. The van der Waals surface area contributed by atoms with Gasteiger partial charge in [-0.25, -0.2) is 0 Å². The predicted molar refractivity (Wildman–Crippen MR) is 74.2 cm³/mol. The third-order valence-corrected chi connectivity index (χ3v) is 5.59. The lowest BCUT2D eigenvalue weighted by Gasteiger charge is -2.26. The Hall–Kier alpha value is -0.923. The van der Waals surface area contributed by atoms with E-state index < -0.39 is 8.80 Å². The molecule has 0 aliphatic carbocycles. The lowest BCUT2D eigenvalue weighted by Crippen LogP contribution is -2.44. The Morgan fingerprint density at radius 1 is 1.11 bits per heavy atom. The SMILES string of the molecule is CO[Si](CCC(N)Nc1ccccc1)(OC)OC. The van der Waals surface area contributed by atoms with Crippen LogP contribution in [-0.4, -0.2) is 36.3 Å². The van der Waals surface area contributed by atoms with Crippen molar-refractivity contribution < 1.29 is 13.3 Å². The number of anilines is 1. The van der Waals surface area contributed by atoms with E-state index in [1.165, 1.54) is 0 Å². The molecule has 0 spiro atoms. The monoisotopic (exact) mass is 270 g/mol. The van der Waals surface area contributed by atoms with Crippen molar-refractivity contribution >= 4 is 14.5 Å². The Morgan fingerprint density at radius 2 is 1.67 bits per heavy atom. The van der Waals surface area contributed by atoms with Crippen molar-refractivity contribution in [1.82, 2.24) is 0 Å². The van der Waals surface area contributed by atoms with Crippen molar-refractivity contribution in [3.8, 4) is 0 Å². The van der Waals surface area contributed by atoms with E-state index >= 15 is 0 Å². The van der Waals surface area contributed by atoms with Crippen LogP contribution in [0.3, 0.4) is 0 Å². The molecule has 0 aromatic heterocycles. The van der Waals surface area contributed by atoms with Gasteiger partial charge >= 0.3 is 8.80 Å². The van der Waals surface area contributed by atoms with Crippen molar-refractivity contribution in [2.45, 2.75) is 18.6 Å². The molecule has 0 saturated carbocycles. The summed E-state index contributed by atoms with van der Waals surface area (Å²) < 4.78 is 16.0. The molecular weight excluding hydrogens is 248 g/mol. The summed E-state index contributed by atoms with van der Waals surface area (Å²) >= 11 is 0. The molecule has 0 amide bonds. The topological polar surface area (TPSA) is 65.7 Å². The molecule has 0 aliphatic heterocycles. The van der Waals surface area contributed by atoms with Gasteiger partial charge in [0.2, 0.25) is 0 Å². The second-order valence-electron chi connectivity index (χ2n) is 3.95. The van der Waals surface area contributed by atoms with Crippen LogP contribution in [0.15, 0.2) is 30.3 Å². The zero-order chi connectivity index (χ0) is 13.4. The average molecular weight is 270 g/mol. The molecule has 6 heteroatoms. The summed E-state index contributed by atoms with van der Waals surface area (Å²) in [7, 11) is 2.30. The molecule has 1 atom stereocenters. The molecule has 1 aromatic rings. The highest BCUT2D eigenvalue weighted by atomic mass is 28.4. The first-order valence-electron chi connectivity index (χ1n) is 5.88. The van der Waals surface area contributed by atoms with Crippen LogP contribution in [0.1, 0.15) is 6.42 Å². The first-order chi connectivity index (χ1) is 8.65. The maximum Gasteiger partial charge on any atom is 0.500 e. The van der Waals surface area contributed by atoms with Gasteiger partial charge in [0.25, 0.3) is 0 Å². The number of nitrogens with one attached hydrogen (secondary N) is 1. The first kappa shape index (κ1) is 15.1. The molecule has 0 saturated heterocycles. The maximum atomic E-state index is 6.02.